The maximum Gasteiger partial charge on any atom is 0.252 e. The highest BCUT2D eigenvalue weighted by molar-refractivity contribution is 7.90. The van der Waals surface area contributed by atoms with Crippen molar-refractivity contribution in [2.45, 2.75) is 35.6 Å². The number of hydrogen-bond donors (Lipinski definition) is 1. The van der Waals surface area contributed by atoms with Gasteiger partial charge in [-0.2, -0.15) is 4.31 Å². The van der Waals surface area contributed by atoms with Gasteiger partial charge in [0.15, 0.2) is 9.84 Å². The van der Waals surface area contributed by atoms with Gasteiger partial charge in [-0.25, -0.2) is 16.8 Å². The first-order valence-electron chi connectivity index (χ1n) is 9.36. The summed E-state index contributed by atoms with van der Waals surface area (Å²) in [5.74, 6) is -0.532. The summed E-state index contributed by atoms with van der Waals surface area (Å²) in [5, 5.41) is 2.67. The van der Waals surface area contributed by atoms with E-state index in [0.717, 1.165) is 25.5 Å². The molecule has 2 aromatic carbocycles. The van der Waals surface area contributed by atoms with Gasteiger partial charge in [0.2, 0.25) is 10.0 Å². The van der Waals surface area contributed by atoms with Crippen molar-refractivity contribution < 1.29 is 21.6 Å². The van der Waals surface area contributed by atoms with Crippen molar-refractivity contribution >= 4 is 25.8 Å². The van der Waals surface area contributed by atoms with Gasteiger partial charge >= 0.3 is 0 Å². The third kappa shape index (κ3) is 5.04. The van der Waals surface area contributed by atoms with E-state index in [1.807, 2.05) is 0 Å². The molecule has 0 unspecified atom stereocenters. The predicted octanol–water partition coefficient (Wildman–Crippen LogP) is 2.19. The quantitative estimate of drug-likeness (QED) is 0.748. The van der Waals surface area contributed by atoms with Crippen LogP contribution in [0.25, 0.3) is 0 Å². The molecule has 29 heavy (non-hydrogen) atoms. The highest BCUT2D eigenvalue weighted by Gasteiger charge is 2.26. The van der Waals surface area contributed by atoms with E-state index in [1.54, 1.807) is 36.4 Å². The lowest BCUT2D eigenvalue weighted by molar-refractivity contribution is 0.0947. The van der Waals surface area contributed by atoms with E-state index in [2.05, 4.69) is 5.32 Å². The Hall–Kier alpha value is -2.23. The smallest absolute Gasteiger partial charge is 0.252 e. The fraction of sp³-hybridized carbons (Fsp3) is 0.350. The van der Waals surface area contributed by atoms with Crippen molar-refractivity contribution in [1.82, 2.24) is 9.62 Å². The van der Waals surface area contributed by atoms with Crippen LogP contribution in [-0.4, -0.2) is 46.4 Å². The van der Waals surface area contributed by atoms with E-state index in [1.165, 1.54) is 16.4 Å². The Bertz CT molecular complexity index is 1110. The first kappa shape index (κ1) is 21.5. The molecule has 1 aliphatic rings. The summed E-state index contributed by atoms with van der Waals surface area (Å²) in [6.45, 7) is 1.12. The van der Waals surface area contributed by atoms with Crippen molar-refractivity contribution in [3.05, 3.63) is 59.7 Å². The molecule has 1 saturated heterocycles. The molecule has 1 amide bonds. The van der Waals surface area contributed by atoms with Crippen molar-refractivity contribution in [3.8, 4) is 0 Å². The number of piperidine rings is 1. The van der Waals surface area contributed by atoms with Crippen molar-refractivity contribution in [2.75, 3.05) is 19.3 Å². The lowest BCUT2D eigenvalue weighted by atomic mass is 10.2. The van der Waals surface area contributed by atoms with E-state index < -0.39 is 25.8 Å². The Labute approximate surface area is 171 Å². The van der Waals surface area contributed by atoms with E-state index in [0.29, 0.717) is 18.7 Å². The number of sulfone groups is 1. The number of hydrogen-bond acceptors (Lipinski definition) is 5. The van der Waals surface area contributed by atoms with Gasteiger partial charge in [0.25, 0.3) is 5.91 Å². The van der Waals surface area contributed by atoms with Gasteiger partial charge in [0.05, 0.1) is 15.4 Å². The fourth-order valence-electron chi connectivity index (χ4n) is 3.33. The van der Waals surface area contributed by atoms with Gasteiger partial charge in [-0.1, -0.05) is 30.7 Å². The molecule has 0 atom stereocenters. The van der Waals surface area contributed by atoms with Gasteiger partial charge in [0, 0.05) is 25.9 Å². The summed E-state index contributed by atoms with van der Waals surface area (Å²) in [6, 6.07) is 12.4. The third-order valence-corrected chi connectivity index (χ3v) is 7.89. The first-order chi connectivity index (χ1) is 13.7. The van der Waals surface area contributed by atoms with E-state index in [4.69, 9.17) is 0 Å². The Kier molecular flexibility index (Phi) is 6.40. The summed E-state index contributed by atoms with van der Waals surface area (Å²) in [6.07, 6.45) is 3.80. The van der Waals surface area contributed by atoms with E-state index in [-0.39, 0.29) is 21.9 Å². The minimum Gasteiger partial charge on any atom is -0.348 e. The summed E-state index contributed by atoms with van der Waals surface area (Å²) in [5.41, 5.74) is 0.681. The second kappa shape index (κ2) is 8.64. The van der Waals surface area contributed by atoms with Crippen LogP contribution in [0.4, 0.5) is 0 Å². The molecule has 2 aromatic rings. The largest absolute Gasteiger partial charge is 0.348 e. The lowest BCUT2D eigenvalue weighted by Gasteiger charge is -2.26. The monoisotopic (exact) mass is 436 g/mol. The molecule has 156 valence electrons. The number of benzene rings is 2. The molecule has 0 radical (unpaired) electrons. The number of carbonyl (C=O) groups excluding carboxylic acids is 1. The number of sulfonamides is 1. The summed E-state index contributed by atoms with van der Waals surface area (Å²) >= 11 is 0. The highest BCUT2D eigenvalue weighted by Crippen LogP contribution is 2.21. The molecular formula is C20H24N2O5S2. The number of amides is 1. The summed E-state index contributed by atoms with van der Waals surface area (Å²) < 4.78 is 50.9. The molecule has 0 aliphatic carbocycles. The first-order valence-corrected chi connectivity index (χ1v) is 12.7. The van der Waals surface area contributed by atoms with Crippen LogP contribution in [0.3, 0.4) is 0 Å². The number of carbonyl (C=O) groups is 1. The van der Waals surface area contributed by atoms with Crippen LogP contribution in [0.2, 0.25) is 0 Å². The SMILES string of the molecule is CS(=O)(=O)c1ccccc1C(=O)NCc1cccc(S(=O)(=O)N2CCCCC2)c1. The predicted molar refractivity (Wildman–Crippen MR) is 110 cm³/mol. The van der Waals surface area contributed by atoms with Crippen LogP contribution in [0, 0.1) is 0 Å². The maximum atomic E-state index is 12.8. The zero-order valence-electron chi connectivity index (χ0n) is 16.2. The normalized spacial score (nSPS) is 15.8. The van der Waals surface area contributed by atoms with E-state index >= 15 is 0 Å². The van der Waals surface area contributed by atoms with Crippen LogP contribution in [0.1, 0.15) is 35.2 Å². The van der Waals surface area contributed by atoms with Gasteiger partial charge < -0.3 is 5.32 Å². The maximum absolute atomic E-state index is 12.8. The molecule has 0 spiro atoms. The molecular weight excluding hydrogens is 412 g/mol. The number of nitrogens with one attached hydrogen (secondary N) is 1. The molecule has 0 aromatic heterocycles. The topological polar surface area (TPSA) is 101 Å². The molecule has 7 nitrogen and oxygen atoms in total. The van der Waals surface area contributed by atoms with Crippen LogP contribution >= 0.6 is 0 Å². The second-order valence-corrected chi connectivity index (χ2v) is 11.0. The summed E-state index contributed by atoms with van der Waals surface area (Å²) in [7, 11) is -7.11. The van der Waals surface area contributed by atoms with Crippen molar-refractivity contribution in [1.29, 1.82) is 0 Å². The number of nitrogens with zero attached hydrogens (tertiary/aromatic N) is 1. The van der Waals surface area contributed by atoms with E-state index in [9.17, 15) is 21.6 Å². The average Bonchev–Trinajstić information content (AvgIpc) is 2.72. The molecule has 0 saturated carbocycles. The van der Waals surface area contributed by atoms with Crippen LogP contribution in [0.15, 0.2) is 58.3 Å². The average molecular weight is 437 g/mol. The lowest BCUT2D eigenvalue weighted by Crippen LogP contribution is -2.35. The van der Waals surface area contributed by atoms with Crippen molar-refractivity contribution in [2.24, 2.45) is 0 Å². The molecule has 1 fully saturated rings. The van der Waals surface area contributed by atoms with Crippen LogP contribution in [0.5, 0.6) is 0 Å². The third-order valence-electron chi connectivity index (χ3n) is 4.84. The van der Waals surface area contributed by atoms with Crippen molar-refractivity contribution in [3.63, 3.8) is 0 Å². The van der Waals surface area contributed by atoms with Crippen LogP contribution in [-0.2, 0) is 26.4 Å². The zero-order valence-corrected chi connectivity index (χ0v) is 17.8. The standard InChI is InChI=1S/C20H24N2O5S2/c1-28(24,25)19-11-4-3-10-18(19)20(23)21-15-16-8-7-9-17(14-16)29(26,27)22-12-5-2-6-13-22/h3-4,7-11,14H,2,5-6,12-13,15H2,1H3,(H,21,23). The molecule has 0 bridgehead atoms. The minimum atomic E-state index is -3.56. The van der Waals surface area contributed by atoms with Gasteiger partial charge in [0.1, 0.15) is 0 Å². The Morgan fingerprint density at radius 2 is 1.66 bits per heavy atom. The minimum absolute atomic E-state index is 0.0427. The Morgan fingerprint density at radius 1 is 0.966 bits per heavy atom. The highest BCUT2D eigenvalue weighted by atomic mass is 32.2. The Morgan fingerprint density at radius 3 is 2.34 bits per heavy atom. The number of rotatable bonds is 6. The Balaban J connectivity index is 1.76. The van der Waals surface area contributed by atoms with Gasteiger partial charge in [-0.15, -0.1) is 0 Å². The molecule has 9 heteroatoms. The second-order valence-electron chi connectivity index (χ2n) is 7.06. The van der Waals surface area contributed by atoms with Crippen LogP contribution < -0.4 is 5.32 Å². The fourth-order valence-corrected chi connectivity index (χ4v) is 5.80. The molecule has 3 rings (SSSR count). The zero-order chi connectivity index (χ0) is 21.1. The molecule has 1 N–H and O–H groups in total. The molecule has 1 aliphatic heterocycles. The van der Waals surface area contributed by atoms with Gasteiger partial charge in [-0.3, -0.25) is 4.79 Å². The van der Waals surface area contributed by atoms with Gasteiger partial charge in [-0.05, 0) is 42.7 Å². The summed E-state index contributed by atoms with van der Waals surface area (Å²) in [4.78, 5) is 12.7. The molecule has 1 heterocycles.